The molecule has 2 aromatic rings. The molecule has 24 heavy (non-hydrogen) atoms. The van der Waals surface area contributed by atoms with Gasteiger partial charge in [-0.1, -0.05) is 49.7 Å². The molecule has 5 nitrogen and oxygen atoms in total. The molecular formula is C19H23NO4. The molecule has 0 aliphatic carbocycles. The molecular weight excluding hydrogens is 306 g/mol. The van der Waals surface area contributed by atoms with Gasteiger partial charge in [0.05, 0.1) is 26.2 Å². The summed E-state index contributed by atoms with van der Waals surface area (Å²) in [5.41, 5.74) is 0.839. The molecule has 1 amide bonds. The van der Waals surface area contributed by atoms with Gasteiger partial charge in [0.15, 0.2) is 0 Å². The number of carbonyl (C=O) groups is 2. The lowest BCUT2D eigenvalue weighted by Gasteiger charge is -2.18. The Morgan fingerprint density at radius 3 is 2.58 bits per heavy atom. The van der Waals surface area contributed by atoms with Crippen LogP contribution >= 0.6 is 0 Å². The van der Waals surface area contributed by atoms with Crippen LogP contribution in [0.3, 0.4) is 0 Å². The van der Waals surface area contributed by atoms with Crippen molar-refractivity contribution in [3.63, 3.8) is 0 Å². The maximum atomic E-state index is 11.9. The third-order valence-corrected chi connectivity index (χ3v) is 3.80. The van der Waals surface area contributed by atoms with Crippen LogP contribution in [0.15, 0.2) is 42.5 Å². The van der Waals surface area contributed by atoms with Gasteiger partial charge in [-0.3, -0.25) is 4.79 Å². The highest BCUT2D eigenvalue weighted by molar-refractivity contribution is 5.83. The quantitative estimate of drug-likeness (QED) is 0.616. The Hall–Kier alpha value is -2.56. The minimum absolute atomic E-state index is 0.0533. The Kier molecular flexibility index (Phi) is 6.61. The molecule has 0 radical (unpaired) electrons. The van der Waals surface area contributed by atoms with Gasteiger partial charge in [-0.05, 0) is 28.8 Å². The summed E-state index contributed by atoms with van der Waals surface area (Å²) in [6.07, 6.45) is 1.29. The number of nitrogens with one attached hydrogen (secondary N) is 1. The topological polar surface area (TPSA) is 64.6 Å². The number of unbranched alkanes of at least 4 members (excludes halogenated alkanes) is 1. The van der Waals surface area contributed by atoms with Crippen molar-refractivity contribution in [3.8, 4) is 0 Å². The third kappa shape index (κ3) is 4.98. The van der Waals surface area contributed by atoms with E-state index in [0.717, 1.165) is 29.2 Å². The number of alkyl carbamates (subject to hydrolysis) is 1. The van der Waals surface area contributed by atoms with Gasteiger partial charge in [0.2, 0.25) is 0 Å². The van der Waals surface area contributed by atoms with Crippen LogP contribution in [0.4, 0.5) is 4.79 Å². The van der Waals surface area contributed by atoms with Crippen LogP contribution < -0.4 is 5.32 Å². The van der Waals surface area contributed by atoms with Gasteiger partial charge in [-0.2, -0.15) is 0 Å². The van der Waals surface area contributed by atoms with Crippen molar-refractivity contribution in [1.29, 1.82) is 0 Å². The molecule has 0 aliphatic heterocycles. The van der Waals surface area contributed by atoms with Gasteiger partial charge in [0.1, 0.15) is 0 Å². The van der Waals surface area contributed by atoms with Crippen molar-refractivity contribution in [3.05, 3.63) is 48.0 Å². The zero-order chi connectivity index (χ0) is 17.4. The number of hydrogen-bond acceptors (Lipinski definition) is 4. The molecule has 0 aliphatic rings. The van der Waals surface area contributed by atoms with Crippen molar-refractivity contribution in [2.75, 3.05) is 13.7 Å². The molecule has 0 bridgehead atoms. The minimum Gasteiger partial charge on any atom is -0.469 e. The van der Waals surface area contributed by atoms with E-state index in [4.69, 9.17) is 9.47 Å². The molecule has 128 valence electrons. The maximum absolute atomic E-state index is 11.9. The molecule has 2 rings (SSSR count). The fourth-order valence-electron chi connectivity index (χ4n) is 2.42. The number of hydrogen-bond donors (Lipinski definition) is 1. The van der Waals surface area contributed by atoms with Gasteiger partial charge in [-0.25, -0.2) is 4.79 Å². The number of esters is 1. The summed E-state index contributed by atoms with van der Waals surface area (Å²) in [5, 5.41) is 4.91. The first kappa shape index (κ1) is 17.8. The molecule has 0 aromatic heterocycles. The van der Waals surface area contributed by atoms with Crippen LogP contribution in [-0.2, 0) is 14.3 Å². The van der Waals surface area contributed by atoms with Gasteiger partial charge in [0, 0.05) is 0 Å². The van der Waals surface area contributed by atoms with E-state index in [1.54, 1.807) is 0 Å². The second-order valence-corrected chi connectivity index (χ2v) is 5.57. The van der Waals surface area contributed by atoms with E-state index in [-0.39, 0.29) is 12.4 Å². The second-order valence-electron chi connectivity index (χ2n) is 5.57. The second kappa shape index (κ2) is 8.91. The summed E-state index contributed by atoms with van der Waals surface area (Å²) in [7, 11) is 1.33. The van der Waals surface area contributed by atoms with Crippen molar-refractivity contribution in [2.45, 2.75) is 32.2 Å². The van der Waals surface area contributed by atoms with Crippen LogP contribution in [-0.4, -0.2) is 25.8 Å². The highest BCUT2D eigenvalue weighted by atomic mass is 16.5. The first-order chi connectivity index (χ1) is 11.6. The Labute approximate surface area is 141 Å². The number of carbonyl (C=O) groups excluding carboxylic acids is 2. The standard InChI is InChI=1S/C19H23NO4/c1-3-4-11-24-19(22)20-17(13-18(21)23-2)16-10-9-14-7-5-6-8-15(14)12-16/h5-10,12,17H,3-4,11,13H2,1-2H3,(H,20,22). The van der Waals surface area contributed by atoms with Gasteiger partial charge in [0.25, 0.3) is 0 Å². The van der Waals surface area contributed by atoms with Crippen LogP contribution in [0.25, 0.3) is 10.8 Å². The Balaban J connectivity index is 2.17. The summed E-state index contributed by atoms with van der Waals surface area (Å²) in [4.78, 5) is 23.6. The molecule has 0 saturated heterocycles. The molecule has 0 saturated carbocycles. The van der Waals surface area contributed by atoms with Crippen LogP contribution in [0.2, 0.25) is 0 Å². The van der Waals surface area contributed by atoms with Crippen molar-refractivity contribution >= 4 is 22.8 Å². The molecule has 0 spiro atoms. The normalized spacial score (nSPS) is 11.8. The molecule has 1 unspecified atom stereocenters. The Morgan fingerprint density at radius 1 is 1.12 bits per heavy atom. The van der Waals surface area contributed by atoms with Crippen molar-refractivity contribution < 1.29 is 19.1 Å². The summed E-state index contributed by atoms with van der Waals surface area (Å²) in [5.74, 6) is -0.387. The largest absolute Gasteiger partial charge is 0.469 e. The summed E-state index contributed by atoms with van der Waals surface area (Å²) < 4.78 is 9.87. The van der Waals surface area contributed by atoms with E-state index in [1.165, 1.54) is 7.11 Å². The number of methoxy groups -OCH3 is 1. The Bertz CT molecular complexity index is 699. The number of fused-ring (bicyclic) bond motifs is 1. The lowest BCUT2D eigenvalue weighted by molar-refractivity contribution is -0.141. The van der Waals surface area contributed by atoms with Crippen molar-refractivity contribution in [2.24, 2.45) is 0 Å². The maximum Gasteiger partial charge on any atom is 0.407 e. The Morgan fingerprint density at radius 2 is 1.88 bits per heavy atom. The van der Waals surface area contributed by atoms with Crippen molar-refractivity contribution in [1.82, 2.24) is 5.32 Å². The minimum atomic E-state index is -0.523. The molecule has 0 heterocycles. The summed E-state index contributed by atoms with van der Waals surface area (Å²) in [6, 6.07) is 13.3. The van der Waals surface area contributed by atoms with Gasteiger partial charge >= 0.3 is 12.1 Å². The van der Waals surface area contributed by atoms with E-state index >= 15 is 0 Å². The molecule has 5 heteroatoms. The smallest absolute Gasteiger partial charge is 0.407 e. The first-order valence-corrected chi connectivity index (χ1v) is 8.13. The van der Waals surface area contributed by atoms with Crippen LogP contribution in [0.5, 0.6) is 0 Å². The zero-order valence-corrected chi connectivity index (χ0v) is 14.1. The van der Waals surface area contributed by atoms with Crippen LogP contribution in [0, 0.1) is 0 Å². The summed E-state index contributed by atoms with van der Waals surface area (Å²) in [6.45, 7) is 2.39. The predicted octanol–water partition coefficient (Wildman–Crippen LogP) is 3.97. The fourth-order valence-corrected chi connectivity index (χ4v) is 2.42. The molecule has 1 atom stereocenters. The summed E-state index contributed by atoms with van der Waals surface area (Å²) >= 11 is 0. The molecule has 2 aromatic carbocycles. The number of ether oxygens (including phenoxy) is 2. The monoisotopic (exact) mass is 329 g/mol. The van der Waals surface area contributed by atoms with Gasteiger partial charge in [-0.15, -0.1) is 0 Å². The first-order valence-electron chi connectivity index (χ1n) is 8.13. The van der Waals surface area contributed by atoms with Crippen LogP contribution in [0.1, 0.15) is 37.8 Å². The molecule has 0 fully saturated rings. The SMILES string of the molecule is CCCCOC(=O)NC(CC(=O)OC)c1ccc2ccccc2c1. The van der Waals surface area contributed by atoms with E-state index in [1.807, 2.05) is 49.4 Å². The van der Waals surface area contributed by atoms with Gasteiger partial charge < -0.3 is 14.8 Å². The van der Waals surface area contributed by atoms with E-state index in [9.17, 15) is 9.59 Å². The number of rotatable bonds is 7. The third-order valence-electron chi connectivity index (χ3n) is 3.80. The predicted molar refractivity (Wildman–Crippen MR) is 92.7 cm³/mol. The van der Waals surface area contributed by atoms with E-state index in [2.05, 4.69) is 5.32 Å². The fraction of sp³-hybridized carbons (Fsp3) is 0.368. The highest BCUT2D eigenvalue weighted by Crippen LogP contribution is 2.23. The molecule has 1 N–H and O–H groups in total. The average Bonchev–Trinajstić information content (AvgIpc) is 2.60. The average molecular weight is 329 g/mol. The van der Waals surface area contributed by atoms with E-state index in [0.29, 0.717) is 6.61 Å². The number of benzene rings is 2. The highest BCUT2D eigenvalue weighted by Gasteiger charge is 2.20. The number of amides is 1. The lowest BCUT2D eigenvalue weighted by Crippen LogP contribution is -2.31. The zero-order valence-electron chi connectivity index (χ0n) is 14.1. The van der Waals surface area contributed by atoms with E-state index < -0.39 is 12.1 Å². The lowest BCUT2D eigenvalue weighted by atomic mass is 10.00.